The summed E-state index contributed by atoms with van der Waals surface area (Å²) < 4.78 is 33.9. The Morgan fingerprint density at radius 2 is 1.80 bits per heavy atom. The number of carbonyl (C=O) groups is 1. The second-order valence-electron chi connectivity index (χ2n) is 1.73. The van der Waals surface area contributed by atoms with Gasteiger partial charge in [0.05, 0.1) is 14.2 Å². The van der Waals surface area contributed by atoms with E-state index < -0.39 is 16.4 Å². The molecule has 0 rings (SSSR count). The first-order chi connectivity index (χ1) is 6.78. The summed E-state index contributed by atoms with van der Waals surface area (Å²) in [5, 5.41) is 0. The average molecular weight is 243 g/mol. The lowest BCUT2D eigenvalue weighted by Gasteiger charge is -1.83. The molecule has 0 bridgehead atoms. The van der Waals surface area contributed by atoms with Crippen LogP contribution in [0.15, 0.2) is 12.7 Å². The Labute approximate surface area is 89.8 Å². The first kappa shape index (κ1) is 19.6. The maximum Gasteiger partial charge on any atom is 0.397 e. The molecule has 0 aliphatic heterocycles. The molecular formula is C7H17NO6S. The maximum absolute atomic E-state index is 9.84. The molecule has 0 aromatic heterocycles. The molecule has 0 aromatic rings. The van der Waals surface area contributed by atoms with Gasteiger partial charge in [0.2, 0.25) is 0 Å². The average Bonchev–Trinajstić information content (AvgIpc) is 2.18. The topological polar surface area (TPSA) is 116 Å². The summed E-state index contributed by atoms with van der Waals surface area (Å²) in [7, 11) is -1.98. The van der Waals surface area contributed by atoms with Crippen LogP contribution >= 0.6 is 0 Å². The van der Waals surface area contributed by atoms with Crippen molar-refractivity contribution < 1.29 is 26.7 Å². The number of carbonyl (C=O) groups excluding carboxylic acids is 1. The summed E-state index contributed by atoms with van der Waals surface area (Å²) in [5.74, 6) is -0.394. The summed E-state index contributed by atoms with van der Waals surface area (Å²) in [6, 6.07) is 0. The number of esters is 1. The molecule has 92 valence electrons. The SMILES string of the molecule is C=CC(=O)OC.CCN.COS(=O)(=O)O. The molecule has 8 heteroatoms. The largest absolute Gasteiger partial charge is 0.466 e. The third-order valence-electron chi connectivity index (χ3n) is 0.578. The normalized spacial score (nSPS) is 8.60. The highest BCUT2D eigenvalue weighted by Crippen LogP contribution is 1.74. The third-order valence-corrected chi connectivity index (χ3v) is 1.000. The van der Waals surface area contributed by atoms with Crippen molar-refractivity contribution in [3.8, 4) is 0 Å². The number of rotatable bonds is 2. The van der Waals surface area contributed by atoms with Gasteiger partial charge < -0.3 is 10.5 Å². The highest BCUT2D eigenvalue weighted by atomic mass is 32.3. The van der Waals surface area contributed by atoms with Crippen LogP contribution in [0.2, 0.25) is 0 Å². The minimum atomic E-state index is -4.16. The van der Waals surface area contributed by atoms with Gasteiger partial charge in [-0.3, -0.25) is 8.74 Å². The molecule has 7 nitrogen and oxygen atoms in total. The highest BCUT2D eigenvalue weighted by Gasteiger charge is 1.94. The van der Waals surface area contributed by atoms with Crippen LogP contribution in [-0.2, 0) is 24.1 Å². The van der Waals surface area contributed by atoms with Crippen molar-refractivity contribution >= 4 is 16.4 Å². The van der Waals surface area contributed by atoms with Crippen molar-refractivity contribution in [2.45, 2.75) is 6.92 Å². The number of methoxy groups -OCH3 is 1. The summed E-state index contributed by atoms with van der Waals surface area (Å²) in [5.41, 5.74) is 4.85. The monoisotopic (exact) mass is 243 g/mol. The van der Waals surface area contributed by atoms with E-state index in [0.717, 1.165) is 19.7 Å². The van der Waals surface area contributed by atoms with Crippen LogP contribution in [0.4, 0.5) is 0 Å². The van der Waals surface area contributed by atoms with Crippen molar-refractivity contribution in [1.29, 1.82) is 0 Å². The van der Waals surface area contributed by atoms with Gasteiger partial charge in [-0.15, -0.1) is 0 Å². The third kappa shape index (κ3) is 43.6. The van der Waals surface area contributed by atoms with E-state index in [-0.39, 0.29) is 0 Å². The zero-order chi connectivity index (χ0) is 12.9. The summed E-state index contributed by atoms with van der Waals surface area (Å²) in [6.45, 7) is 5.81. The molecule has 0 aliphatic rings. The molecule has 0 atom stereocenters. The maximum atomic E-state index is 9.84. The summed E-state index contributed by atoms with van der Waals surface area (Å²) in [4.78, 5) is 9.84. The van der Waals surface area contributed by atoms with Crippen molar-refractivity contribution in [3.05, 3.63) is 12.7 Å². The lowest BCUT2D eigenvalue weighted by atomic mass is 10.7. The van der Waals surface area contributed by atoms with Gasteiger partial charge in [0.1, 0.15) is 0 Å². The van der Waals surface area contributed by atoms with E-state index in [1.54, 1.807) is 0 Å². The number of hydrogen-bond acceptors (Lipinski definition) is 6. The number of ether oxygens (including phenoxy) is 1. The van der Waals surface area contributed by atoms with Gasteiger partial charge in [0.25, 0.3) is 0 Å². The first-order valence-electron chi connectivity index (χ1n) is 3.72. The fourth-order valence-electron chi connectivity index (χ4n) is 0.0833. The fraction of sp³-hybridized carbons (Fsp3) is 0.571. The van der Waals surface area contributed by atoms with Crippen LogP contribution in [0.1, 0.15) is 6.92 Å². The second-order valence-corrected chi connectivity index (χ2v) is 2.92. The van der Waals surface area contributed by atoms with Gasteiger partial charge in [-0.2, -0.15) is 8.42 Å². The van der Waals surface area contributed by atoms with Crippen LogP contribution in [0.25, 0.3) is 0 Å². The molecule has 0 radical (unpaired) electrons. The Morgan fingerprint density at radius 3 is 1.80 bits per heavy atom. The van der Waals surface area contributed by atoms with Crippen LogP contribution in [-0.4, -0.2) is 39.7 Å². The van der Waals surface area contributed by atoms with Gasteiger partial charge in [-0.25, -0.2) is 4.79 Å². The standard InChI is InChI=1S/C4H6O2.C2H7N.CH4O4S/c1-3-4(5)6-2;1-2-3;1-5-6(2,3)4/h3H,1H2,2H3;2-3H2,1H3;1H3,(H,2,3,4). The lowest BCUT2D eigenvalue weighted by Crippen LogP contribution is -1.96. The lowest BCUT2D eigenvalue weighted by molar-refractivity contribution is -0.134. The quantitative estimate of drug-likeness (QED) is 0.390. The molecule has 0 fully saturated rings. The van der Waals surface area contributed by atoms with E-state index in [1.807, 2.05) is 6.92 Å². The minimum Gasteiger partial charge on any atom is -0.466 e. The molecule has 0 heterocycles. The van der Waals surface area contributed by atoms with Crippen LogP contribution in [0.5, 0.6) is 0 Å². The van der Waals surface area contributed by atoms with E-state index in [2.05, 4.69) is 15.5 Å². The second kappa shape index (κ2) is 13.0. The van der Waals surface area contributed by atoms with Crippen LogP contribution in [0, 0.1) is 0 Å². The van der Waals surface area contributed by atoms with Crippen LogP contribution in [0.3, 0.4) is 0 Å². The molecule has 0 spiro atoms. The van der Waals surface area contributed by atoms with E-state index >= 15 is 0 Å². The zero-order valence-corrected chi connectivity index (χ0v) is 9.78. The molecule has 3 N–H and O–H groups in total. The van der Waals surface area contributed by atoms with E-state index in [9.17, 15) is 13.2 Å². The Bertz CT molecular complexity index is 248. The van der Waals surface area contributed by atoms with Crippen LogP contribution < -0.4 is 5.73 Å². The first-order valence-corrected chi connectivity index (χ1v) is 5.08. The van der Waals surface area contributed by atoms with Gasteiger partial charge in [-0.1, -0.05) is 13.5 Å². The van der Waals surface area contributed by atoms with Crippen molar-refractivity contribution in [1.82, 2.24) is 0 Å². The highest BCUT2D eigenvalue weighted by molar-refractivity contribution is 7.80. The van der Waals surface area contributed by atoms with E-state index in [1.165, 1.54) is 7.11 Å². The molecule has 0 saturated carbocycles. The molecular weight excluding hydrogens is 226 g/mol. The zero-order valence-electron chi connectivity index (χ0n) is 8.97. The van der Waals surface area contributed by atoms with Crippen molar-refractivity contribution in [2.75, 3.05) is 20.8 Å². The van der Waals surface area contributed by atoms with Gasteiger partial charge in [0.15, 0.2) is 0 Å². The Morgan fingerprint density at radius 1 is 1.53 bits per heavy atom. The molecule has 0 aromatic carbocycles. The van der Waals surface area contributed by atoms with E-state index in [4.69, 9.17) is 10.3 Å². The van der Waals surface area contributed by atoms with E-state index in [0.29, 0.717) is 0 Å². The number of nitrogens with two attached hydrogens (primary N) is 1. The Balaban J connectivity index is -0.000000153. The molecule has 0 saturated heterocycles. The number of hydrogen-bond donors (Lipinski definition) is 2. The molecule has 0 unspecified atom stereocenters. The Kier molecular flexibility index (Phi) is 17.0. The smallest absolute Gasteiger partial charge is 0.397 e. The van der Waals surface area contributed by atoms with Gasteiger partial charge >= 0.3 is 16.4 Å². The van der Waals surface area contributed by atoms with Crippen molar-refractivity contribution in [3.63, 3.8) is 0 Å². The molecule has 0 amide bonds. The van der Waals surface area contributed by atoms with Gasteiger partial charge in [-0.05, 0) is 6.54 Å². The van der Waals surface area contributed by atoms with Gasteiger partial charge in [0, 0.05) is 6.08 Å². The van der Waals surface area contributed by atoms with Crippen molar-refractivity contribution in [2.24, 2.45) is 5.73 Å². The Hall–Kier alpha value is -0.960. The molecule has 0 aliphatic carbocycles. The predicted molar refractivity (Wildman–Crippen MR) is 55.5 cm³/mol. The predicted octanol–water partition coefficient (Wildman–Crippen LogP) is -0.254. The fourth-order valence-corrected chi connectivity index (χ4v) is 0.0833. The summed E-state index contributed by atoms with van der Waals surface area (Å²) >= 11 is 0. The summed E-state index contributed by atoms with van der Waals surface area (Å²) in [6.07, 6.45) is 1.11. The molecule has 15 heavy (non-hydrogen) atoms. The minimum absolute atomic E-state index is 0.394.